The van der Waals surface area contributed by atoms with Gasteiger partial charge < -0.3 is 4.74 Å². The van der Waals surface area contributed by atoms with Gasteiger partial charge in [-0.2, -0.15) is 0 Å². The van der Waals surface area contributed by atoms with Crippen LogP contribution in [0.15, 0.2) is 12.1 Å². The minimum absolute atomic E-state index is 0.200. The van der Waals surface area contributed by atoms with Gasteiger partial charge in [0, 0.05) is 6.54 Å². The van der Waals surface area contributed by atoms with Crippen molar-refractivity contribution in [2.75, 3.05) is 20.7 Å². The molecule has 0 amide bonds. The molecule has 3 nitrogen and oxygen atoms in total. The zero-order valence-electron chi connectivity index (χ0n) is 11.3. The second-order valence-electron chi connectivity index (χ2n) is 4.54. The number of benzene rings is 1. The van der Waals surface area contributed by atoms with E-state index in [0.717, 1.165) is 6.54 Å². The highest BCUT2D eigenvalue weighted by atomic mass is 16.5. The third-order valence-corrected chi connectivity index (χ3v) is 3.24. The molecule has 0 aliphatic carbocycles. The number of hydrogen-bond donors (Lipinski definition) is 0. The Balaban J connectivity index is 2.75. The Labute approximate surface area is 103 Å². The van der Waals surface area contributed by atoms with Crippen molar-refractivity contribution in [3.63, 3.8) is 0 Å². The van der Waals surface area contributed by atoms with Crippen LogP contribution < -0.4 is 0 Å². The number of likely N-dealkylation sites (N-methyl/N-ethyl adjacent to an activating group) is 1. The standard InChI is InChI=1S/C14H21NO2/c1-10-6-7-13(12(3)11(10)2)8-15(4)9-14(16)17-5/h6-7H,8-9H2,1-5H3. The van der Waals surface area contributed by atoms with Crippen molar-refractivity contribution >= 4 is 5.97 Å². The zero-order chi connectivity index (χ0) is 13.0. The van der Waals surface area contributed by atoms with Crippen LogP contribution in [-0.4, -0.2) is 31.6 Å². The molecule has 0 aromatic heterocycles. The molecule has 0 aliphatic rings. The van der Waals surface area contributed by atoms with Crippen LogP contribution in [0.2, 0.25) is 0 Å². The fourth-order valence-corrected chi connectivity index (χ4v) is 1.82. The molecule has 0 heterocycles. The monoisotopic (exact) mass is 235 g/mol. The number of methoxy groups -OCH3 is 1. The van der Waals surface area contributed by atoms with Gasteiger partial charge in [-0.15, -0.1) is 0 Å². The maximum absolute atomic E-state index is 11.2. The largest absolute Gasteiger partial charge is 0.468 e. The molecule has 0 saturated carbocycles. The number of carbonyl (C=O) groups is 1. The molecule has 0 saturated heterocycles. The Kier molecular flexibility index (Phi) is 4.70. The topological polar surface area (TPSA) is 29.5 Å². The first-order valence-corrected chi connectivity index (χ1v) is 5.76. The summed E-state index contributed by atoms with van der Waals surface area (Å²) >= 11 is 0. The van der Waals surface area contributed by atoms with Gasteiger partial charge in [0.05, 0.1) is 13.7 Å². The molecule has 0 bridgehead atoms. The van der Waals surface area contributed by atoms with Crippen molar-refractivity contribution in [1.29, 1.82) is 0 Å². The molecule has 0 radical (unpaired) electrons. The molecular weight excluding hydrogens is 214 g/mol. The maximum atomic E-state index is 11.2. The second kappa shape index (κ2) is 5.82. The summed E-state index contributed by atoms with van der Waals surface area (Å²) in [6.45, 7) is 7.47. The average molecular weight is 235 g/mol. The molecule has 0 atom stereocenters. The first-order chi connectivity index (χ1) is 7.95. The lowest BCUT2D eigenvalue weighted by Crippen LogP contribution is -2.26. The Morgan fingerprint density at radius 2 is 1.88 bits per heavy atom. The van der Waals surface area contributed by atoms with Gasteiger partial charge in [0.25, 0.3) is 0 Å². The van der Waals surface area contributed by atoms with Gasteiger partial charge in [0.15, 0.2) is 0 Å². The van der Waals surface area contributed by atoms with Gasteiger partial charge in [-0.1, -0.05) is 12.1 Å². The van der Waals surface area contributed by atoms with Crippen LogP contribution in [0.3, 0.4) is 0 Å². The van der Waals surface area contributed by atoms with Crippen molar-refractivity contribution in [3.8, 4) is 0 Å². The predicted octanol–water partition coefficient (Wildman–Crippen LogP) is 2.22. The molecule has 0 unspecified atom stereocenters. The Morgan fingerprint density at radius 1 is 1.24 bits per heavy atom. The summed E-state index contributed by atoms with van der Waals surface area (Å²) in [6.07, 6.45) is 0. The van der Waals surface area contributed by atoms with E-state index < -0.39 is 0 Å². The number of esters is 1. The lowest BCUT2D eigenvalue weighted by atomic mass is 9.98. The summed E-state index contributed by atoms with van der Waals surface area (Å²) in [7, 11) is 3.34. The summed E-state index contributed by atoms with van der Waals surface area (Å²) in [5.74, 6) is -0.200. The lowest BCUT2D eigenvalue weighted by Gasteiger charge is -2.18. The fraction of sp³-hybridized carbons (Fsp3) is 0.500. The summed E-state index contributed by atoms with van der Waals surface area (Å²) in [5.41, 5.74) is 5.21. The van der Waals surface area contributed by atoms with Crippen molar-refractivity contribution in [3.05, 3.63) is 34.4 Å². The normalized spacial score (nSPS) is 10.7. The zero-order valence-corrected chi connectivity index (χ0v) is 11.3. The van der Waals surface area contributed by atoms with E-state index in [1.54, 1.807) is 0 Å². The quantitative estimate of drug-likeness (QED) is 0.749. The smallest absolute Gasteiger partial charge is 0.319 e. The number of nitrogens with zero attached hydrogens (tertiary/aromatic N) is 1. The number of rotatable bonds is 4. The molecule has 0 aliphatic heterocycles. The minimum atomic E-state index is -0.200. The van der Waals surface area contributed by atoms with E-state index in [9.17, 15) is 4.79 Å². The summed E-state index contributed by atoms with van der Waals surface area (Å²) < 4.78 is 4.65. The summed E-state index contributed by atoms with van der Waals surface area (Å²) in [4.78, 5) is 13.1. The van der Waals surface area contributed by atoms with Crippen LogP contribution in [0.25, 0.3) is 0 Å². The Hall–Kier alpha value is -1.35. The highest BCUT2D eigenvalue weighted by molar-refractivity contribution is 5.71. The molecule has 3 heteroatoms. The van der Waals surface area contributed by atoms with Crippen LogP contribution in [0.5, 0.6) is 0 Å². The molecular formula is C14H21NO2. The first-order valence-electron chi connectivity index (χ1n) is 5.76. The van der Waals surface area contributed by atoms with Gasteiger partial charge in [-0.25, -0.2) is 0 Å². The van der Waals surface area contributed by atoms with Crippen LogP contribution >= 0.6 is 0 Å². The van der Waals surface area contributed by atoms with E-state index in [0.29, 0.717) is 6.54 Å². The van der Waals surface area contributed by atoms with Crippen LogP contribution in [0.1, 0.15) is 22.3 Å². The highest BCUT2D eigenvalue weighted by Crippen LogP contribution is 2.18. The van der Waals surface area contributed by atoms with Gasteiger partial charge in [0.2, 0.25) is 0 Å². The van der Waals surface area contributed by atoms with E-state index in [4.69, 9.17) is 0 Å². The summed E-state index contributed by atoms with van der Waals surface area (Å²) in [5, 5.41) is 0. The average Bonchev–Trinajstić information content (AvgIpc) is 2.29. The molecule has 1 aromatic rings. The third kappa shape index (κ3) is 3.56. The molecule has 0 spiro atoms. The number of hydrogen-bond acceptors (Lipinski definition) is 3. The summed E-state index contributed by atoms with van der Waals surface area (Å²) in [6, 6.07) is 4.26. The maximum Gasteiger partial charge on any atom is 0.319 e. The van der Waals surface area contributed by atoms with Crippen LogP contribution in [-0.2, 0) is 16.1 Å². The van der Waals surface area contributed by atoms with Crippen LogP contribution in [0, 0.1) is 20.8 Å². The van der Waals surface area contributed by atoms with Crippen molar-refractivity contribution < 1.29 is 9.53 Å². The SMILES string of the molecule is COC(=O)CN(C)Cc1ccc(C)c(C)c1C. The van der Waals surface area contributed by atoms with Gasteiger partial charge >= 0.3 is 5.97 Å². The van der Waals surface area contributed by atoms with E-state index in [2.05, 4.69) is 37.6 Å². The van der Waals surface area contributed by atoms with E-state index in [1.165, 1.54) is 29.4 Å². The molecule has 0 fully saturated rings. The number of carbonyl (C=O) groups excluding carboxylic acids is 1. The molecule has 0 N–H and O–H groups in total. The first kappa shape index (κ1) is 13.7. The molecule has 1 aromatic carbocycles. The van der Waals surface area contributed by atoms with E-state index in [1.807, 2.05) is 11.9 Å². The fourth-order valence-electron chi connectivity index (χ4n) is 1.82. The van der Waals surface area contributed by atoms with Gasteiger partial charge in [-0.3, -0.25) is 9.69 Å². The number of ether oxygens (including phenoxy) is 1. The molecule has 94 valence electrons. The Morgan fingerprint density at radius 3 is 2.47 bits per heavy atom. The van der Waals surface area contributed by atoms with Gasteiger partial charge in [-0.05, 0) is 50.1 Å². The number of aryl methyl sites for hydroxylation is 1. The minimum Gasteiger partial charge on any atom is -0.468 e. The van der Waals surface area contributed by atoms with E-state index in [-0.39, 0.29) is 5.97 Å². The van der Waals surface area contributed by atoms with Gasteiger partial charge in [0.1, 0.15) is 0 Å². The predicted molar refractivity (Wildman–Crippen MR) is 69.0 cm³/mol. The van der Waals surface area contributed by atoms with Crippen molar-refractivity contribution in [2.45, 2.75) is 27.3 Å². The highest BCUT2D eigenvalue weighted by Gasteiger charge is 2.09. The van der Waals surface area contributed by atoms with Crippen LogP contribution in [0.4, 0.5) is 0 Å². The third-order valence-electron chi connectivity index (χ3n) is 3.24. The Bertz CT molecular complexity index is 413. The second-order valence-corrected chi connectivity index (χ2v) is 4.54. The lowest BCUT2D eigenvalue weighted by molar-refractivity contribution is -0.141. The van der Waals surface area contributed by atoms with Crippen molar-refractivity contribution in [1.82, 2.24) is 4.90 Å². The van der Waals surface area contributed by atoms with Crippen molar-refractivity contribution in [2.24, 2.45) is 0 Å². The van der Waals surface area contributed by atoms with E-state index >= 15 is 0 Å². The molecule has 17 heavy (non-hydrogen) atoms. The molecule has 1 rings (SSSR count).